The summed E-state index contributed by atoms with van der Waals surface area (Å²) in [5, 5.41) is 1.16. The smallest absolute Gasteiger partial charge is 0.192 e. The van der Waals surface area contributed by atoms with Crippen LogP contribution in [0.1, 0.15) is 34.1 Å². The predicted molar refractivity (Wildman–Crippen MR) is 143 cm³/mol. The Hall–Kier alpha value is -1.13. The highest BCUT2D eigenvalue weighted by atomic mass is 127. The van der Waals surface area contributed by atoms with Crippen molar-refractivity contribution >= 4 is 47.6 Å². The number of anilines is 1. The molecule has 3 atom stereocenters. The largest absolute Gasteiger partial charge is 0.493 e. The van der Waals surface area contributed by atoms with Gasteiger partial charge in [0, 0.05) is 29.0 Å². The first-order valence-corrected chi connectivity index (χ1v) is 15.8. The molecule has 1 aromatic carbocycles. The quantitative estimate of drug-likeness (QED) is 0.233. The van der Waals surface area contributed by atoms with Gasteiger partial charge in [-0.05, 0) is 42.5 Å². The van der Waals surface area contributed by atoms with Crippen molar-refractivity contribution in [1.29, 1.82) is 0 Å². The summed E-state index contributed by atoms with van der Waals surface area (Å²) < 4.78 is 19.2. The molecule has 1 aliphatic rings. The van der Waals surface area contributed by atoms with Crippen LogP contribution in [0.3, 0.4) is 0 Å². The van der Waals surface area contributed by atoms with Crippen LogP contribution in [0, 0.1) is 11.8 Å². The number of rotatable bonds is 7. The van der Waals surface area contributed by atoms with Gasteiger partial charge < -0.3 is 18.8 Å². The van der Waals surface area contributed by atoms with Crippen molar-refractivity contribution in [2.75, 3.05) is 36.6 Å². The van der Waals surface area contributed by atoms with Crippen molar-refractivity contribution in [2.24, 2.45) is 11.8 Å². The van der Waals surface area contributed by atoms with Gasteiger partial charge in [-0.1, -0.05) is 50.3 Å². The molecule has 0 amide bonds. The molecule has 3 unspecified atom stereocenters. The molecular formula is C24H38IN3O3Si. The Labute approximate surface area is 207 Å². The summed E-state index contributed by atoms with van der Waals surface area (Å²) in [7, 11) is 1.40. The van der Waals surface area contributed by atoms with Crippen molar-refractivity contribution in [1.82, 2.24) is 9.97 Å². The number of benzene rings is 1. The van der Waals surface area contributed by atoms with Gasteiger partial charge >= 0.3 is 0 Å². The average molecular weight is 572 g/mol. The van der Waals surface area contributed by atoms with Crippen molar-refractivity contribution in [3.05, 3.63) is 18.5 Å². The summed E-state index contributed by atoms with van der Waals surface area (Å²) in [6.45, 7) is 15.8. The van der Waals surface area contributed by atoms with Crippen molar-refractivity contribution in [3.63, 3.8) is 0 Å². The molecule has 2 heterocycles. The predicted octanol–water partition coefficient (Wildman–Crippen LogP) is 5.93. The molecule has 8 heteroatoms. The Bertz CT molecular complexity index is 935. The summed E-state index contributed by atoms with van der Waals surface area (Å²) in [5.41, 5.74) is 0.859. The van der Waals surface area contributed by atoms with Crippen LogP contribution < -0.4 is 14.4 Å². The lowest BCUT2D eigenvalue weighted by Crippen LogP contribution is -2.54. The minimum atomic E-state index is -1.90. The zero-order valence-electron chi connectivity index (χ0n) is 20.7. The van der Waals surface area contributed by atoms with E-state index in [-0.39, 0.29) is 11.1 Å². The van der Waals surface area contributed by atoms with E-state index >= 15 is 0 Å². The Morgan fingerprint density at radius 3 is 2.41 bits per heavy atom. The second-order valence-corrected chi connectivity index (χ2v) is 16.0. The maximum Gasteiger partial charge on any atom is 0.192 e. The molecule has 6 nitrogen and oxygen atoms in total. The lowest BCUT2D eigenvalue weighted by molar-refractivity contribution is 0.0775. The van der Waals surface area contributed by atoms with Crippen molar-refractivity contribution in [2.45, 2.75) is 58.4 Å². The van der Waals surface area contributed by atoms with Gasteiger partial charge in [-0.3, -0.25) is 0 Å². The second-order valence-electron chi connectivity index (χ2n) is 10.4. The first-order chi connectivity index (χ1) is 15.0. The van der Waals surface area contributed by atoms with Crippen molar-refractivity contribution < 1.29 is 13.9 Å². The molecule has 0 saturated carbocycles. The third-order valence-electron chi connectivity index (χ3n) is 7.26. The number of hydrogen-bond acceptors (Lipinski definition) is 6. The van der Waals surface area contributed by atoms with E-state index in [0.717, 1.165) is 40.7 Å². The molecule has 1 saturated heterocycles. The molecule has 2 aromatic rings. The molecule has 32 heavy (non-hydrogen) atoms. The van der Waals surface area contributed by atoms with E-state index in [1.165, 1.54) is 0 Å². The minimum Gasteiger partial charge on any atom is -0.493 e. The highest BCUT2D eigenvalue weighted by molar-refractivity contribution is 14.1. The third-order valence-corrected chi connectivity index (χ3v) is 13.1. The summed E-state index contributed by atoms with van der Waals surface area (Å²) in [5.74, 6) is 3.50. The Balaban J connectivity index is 1.98. The molecule has 1 aliphatic heterocycles. The fourth-order valence-corrected chi connectivity index (χ4v) is 6.21. The normalized spacial score (nSPS) is 21.0. The molecular weight excluding hydrogens is 533 g/mol. The highest BCUT2D eigenvalue weighted by Gasteiger charge is 2.43. The summed E-state index contributed by atoms with van der Waals surface area (Å²) in [6, 6.07) is 3.92. The van der Waals surface area contributed by atoms with Crippen LogP contribution in [0.15, 0.2) is 18.5 Å². The van der Waals surface area contributed by atoms with E-state index in [9.17, 15) is 0 Å². The molecule has 0 N–H and O–H groups in total. The molecule has 1 aromatic heterocycles. The lowest BCUT2D eigenvalue weighted by atomic mass is 9.84. The highest BCUT2D eigenvalue weighted by Crippen LogP contribution is 2.42. The van der Waals surface area contributed by atoms with Crippen LogP contribution in [0.25, 0.3) is 10.9 Å². The monoisotopic (exact) mass is 571 g/mol. The molecule has 1 fully saturated rings. The Kier molecular flexibility index (Phi) is 7.97. The van der Waals surface area contributed by atoms with E-state index < -0.39 is 8.32 Å². The number of ether oxygens (including phenoxy) is 2. The number of alkyl halides is 1. The summed E-state index contributed by atoms with van der Waals surface area (Å²) in [6.07, 6.45) is 2.94. The van der Waals surface area contributed by atoms with Gasteiger partial charge in [0.15, 0.2) is 19.8 Å². The van der Waals surface area contributed by atoms with E-state index in [1.54, 1.807) is 20.5 Å². The van der Waals surface area contributed by atoms with Gasteiger partial charge in [0.25, 0.3) is 0 Å². The number of halogens is 1. The fraction of sp³-hybridized carbons (Fsp3) is 0.667. The SMILES string of the molecule is COc1cc2ncnc(N3CCC(C(C)CI)C(O[Si](C)(C)C(C)(C)C)C3)c2cc1OC. The van der Waals surface area contributed by atoms with Gasteiger partial charge in [0.1, 0.15) is 12.1 Å². The second kappa shape index (κ2) is 10.0. The maximum absolute atomic E-state index is 7.03. The van der Waals surface area contributed by atoms with Crippen LogP contribution in [-0.4, -0.2) is 56.1 Å². The van der Waals surface area contributed by atoms with Crippen LogP contribution in [0.4, 0.5) is 5.82 Å². The molecule has 0 aliphatic carbocycles. The molecule has 0 radical (unpaired) electrons. The fourth-order valence-electron chi connectivity index (χ4n) is 4.19. The number of nitrogens with zero attached hydrogens (tertiary/aromatic N) is 3. The maximum atomic E-state index is 7.03. The van der Waals surface area contributed by atoms with Gasteiger partial charge in [0.2, 0.25) is 0 Å². The first kappa shape index (κ1) is 25.5. The van der Waals surface area contributed by atoms with Gasteiger partial charge in [-0.15, -0.1) is 0 Å². The number of hydrogen-bond donors (Lipinski definition) is 0. The number of piperidine rings is 1. The summed E-state index contributed by atoms with van der Waals surface area (Å²) in [4.78, 5) is 11.6. The zero-order chi connectivity index (χ0) is 23.7. The third kappa shape index (κ3) is 5.17. The Morgan fingerprint density at radius 1 is 1.16 bits per heavy atom. The minimum absolute atomic E-state index is 0.179. The van der Waals surface area contributed by atoms with Gasteiger partial charge in [-0.25, -0.2) is 9.97 Å². The van der Waals surface area contributed by atoms with Gasteiger partial charge in [-0.2, -0.15) is 0 Å². The number of fused-ring (bicyclic) bond motifs is 1. The van der Waals surface area contributed by atoms with E-state index in [4.69, 9.17) is 18.9 Å². The zero-order valence-corrected chi connectivity index (χ0v) is 23.9. The first-order valence-electron chi connectivity index (χ1n) is 11.4. The molecule has 178 valence electrons. The standard InChI is InChI=1S/C24H38IN3O3Si/c1-16(13-25)17-9-10-28(14-22(17)31-32(7,8)24(2,3)4)23-18-11-20(29-5)21(30-6)12-19(18)26-15-27-23/h11-12,15-17,22H,9-10,13-14H2,1-8H3. The molecule has 3 rings (SSSR count). The van der Waals surface area contributed by atoms with E-state index in [0.29, 0.717) is 23.3 Å². The van der Waals surface area contributed by atoms with Gasteiger partial charge in [0.05, 0.1) is 25.8 Å². The van der Waals surface area contributed by atoms with E-state index in [2.05, 4.69) is 73.3 Å². The van der Waals surface area contributed by atoms with E-state index in [1.807, 2.05) is 12.1 Å². The number of methoxy groups -OCH3 is 2. The Morgan fingerprint density at radius 2 is 1.81 bits per heavy atom. The van der Waals surface area contributed by atoms with Crippen LogP contribution >= 0.6 is 22.6 Å². The van der Waals surface area contributed by atoms with Crippen molar-refractivity contribution in [3.8, 4) is 11.5 Å². The molecule has 0 spiro atoms. The lowest BCUT2D eigenvalue weighted by Gasteiger charge is -2.47. The molecule has 0 bridgehead atoms. The van der Waals surface area contributed by atoms with Crippen LogP contribution in [0.5, 0.6) is 11.5 Å². The topological polar surface area (TPSA) is 56.7 Å². The number of aromatic nitrogens is 2. The average Bonchev–Trinajstić information content (AvgIpc) is 2.76. The van der Waals surface area contributed by atoms with Crippen LogP contribution in [0.2, 0.25) is 18.1 Å². The summed E-state index contributed by atoms with van der Waals surface area (Å²) >= 11 is 2.52. The van der Waals surface area contributed by atoms with Crippen LogP contribution in [-0.2, 0) is 4.43 Å².